The van der Waals surface area contributed by atoms with Crippen molar-refractivity contribution >= 4 is 11.6 Å². The van der Waals surface area contributed by atoms with Gasteiger partial charge in [-0.25, -0.2) is 0 Å². The zero-order chi connectivity index (χ0) is 11.8. The van der Waals surface area contributed by atoms with E-state index in [2.05, 4.69) is 12.2 Å². The van der Waals surface area contributed by atoms with Gasteiger partial charge < -0.3 is 11.1 Å². The lowest BCUT2D eigenvalue weighted by Gasteiger charge is -2.39. The van der Waals surface area contributed by atoms with E-state index in [1.165, 1.54) is 6.42 Å². The van der Waals surface area contributed by atoms with E-state index in [1.807, 2.05) is 19.1 Å². The second-order valence-corrected chi connectivity index (χ2v) is 5.00. The van der Waals surface area contributed by atoms with Crippen molar-refractivity contribution in [3.63, 3.8) is 0 Å². The van der Waals surface area contributed by atoms with Crippen LogP contribution in [-0.2, 0) is 0 Å². The average Bonchev–Trinajstić information content (AvgIpc) is 2.13. The molecule has 0 radical (unpaired) electrons. The van der Waals surface area contributed by atoms with Gasteiger partial charge in [-0.2, -0.15) is 0 Å². The van der Waals surface area contributed by atoms with E-state index in [0.717, 1.165) is 18.4 Å². The number of nitrogens with two attached hydrogens (primary N) is 1. The number of amides is 1. The molecule has 3 N–H and O–H groups in total. The van der Waals surface area contributed by atoms with Gasteiger partial charge in [0.05, 0.1) is 0 Å². The topological polar surface area (TPSA) is 55.1 Å². The van der Waals surface area contributed by atoms with Crippen LogP contribution in [0, 0.1) is 6.92 Å². The SMILES string of the molecule is Cc1cc(N)cc(C(=O)NC2(C)CCC2)c1. The van der Waals surface area contributed by atoms with E-state index in [4.69, 9.17) is 5.73 Å². The Morgan fingerprint density at radius 3 is 2.56 bits per heavy atom. The molecule has 0 heterocycles. The molecule has 0 aromatic heterocycles. The van der Waals surface area contributed by atoms with E-state index >= 15 is 0 Å². The minimum atomic E-state index is -0.0161. The molecule has 86 valence electrons. The summed E-state index contributed by atoms with van der Waals surface area (Å²) in [6, 6.07) is 5.46. The first-order valence-electron chi connectivity index (χ1n) is 5.68. The van der Waals surface area contributed by atoms with Crippen molar-refractivity contribution in [2.24, 2.45) is 0 Å². The van der Waals surface area contributed by atoms with Crippen LogP contribution < -0.4 is 11.1 Å². The molecule has 1 aliphatic rings. The number of carbonyl (C=O) groups excluding carboxylic acids is 1. The molecule has 1 aromatic carbocycles. The molecule has 3 heteroatoms. The highest BCUT2D eigenvalue weighted by Gasteiger charge is 2.33. The molecule has 2 rings (SSSR count). The summed E-state index contributed by atoms with van der Waals surface area (Å²) >= 11 is 0. The van der Waals surface area contributed by atoms with Crippen molar-refractivity contribution < 1.29 is 4.79 Å². The van der Waals surface area contributed by atoms with Gasteiger partial charge in [0, 0.05) is 16.8 Å². The van der Waals surface area contributed by atoms with Crippen molar-refractivity contribution in [3.8, 4) is 0 Å². The first-order valence-corrected chi connectivity index (χ1v) is 5.68. The Kier molecular flexibility index (Phi) is 2.62. The number of hydrogen-bond acceptors (Lipinski definition) is 2. The Morgan fingerprint density at radius 2 is 2.06 bits per heavy atom. The Balaban J connectivity index is 2.14. The summed E-state index contributed by atoms with van der Waals surface area (Å²) in [5, 5.41) is 3.07. The van der Waals surface area contributed by atoms with E-state index in [1.54, 1.807) is 6.07 Å². The smallest absolute Gasteiger partial charge is 0.251 e. The Bertz CT molecular complexity index is 402. The fraction of sp³-hybridized carbons (Fsp3) is 0.462. The number of carbonyl (C=O) groups is 1. The van der Waals surface area contributed by atoms with Crippen LogP contribution in [0.2, 0.25) is 0 Å². The van der Waals surface area contributed by atoms with Gasteiger partial charge in [0.2, 0.25) is 0 Å². The van der Waals surface area contributed by atoms with Crippen molar-refractivity contribution in [1.82, 2.24) is 5.32 Å². The lowest BCUT2D eigenvalue weighted by atomic mass is 9.78. The van der Waals surface area contributed by atoms with Crippen LogP contribution in [0.25, 0.3) is 0 Å². The Hall–Kier alpha value is -1.51. The quantitative estimate of drug-likeness (QED) is 0.748. The van der Waals surface area contributed by atoms with Crippen molar-refractivity contribution in [1.29, 1.82) is 0 Å². The maximum Gasteiger partial charge on any atom is 0.251 e. The van der Waals surface area contributed by atoms with Crippen LogP contribution in [-0.4, -0.2) is 11.4 Å². The lowest BCUT2D eigenvalue weighted by molar-refractivity contribution is 0.0850. The summed E-state index contributed by atoms with van der Waals surface area (Å²) in [4.78, 5) is 12.0. The fourth-order valence-electron chi connectivity index (χ4n) is 2.12. The molecule has 3 nitrogen and oxygen atoms in total. The third kappa shape index (κ3) is 2.18. The Labute approximate surface area is 96.0 Å². The van der Waals surface area contributed by atoms with Gasteiger partial charge in [-0.3, -0.25) is 4.79 Å². The first kappa shape index (κ1) is 11.0. The van der Waals surface area contributed by atoms with E-state index < -0.39 is 0 Å². The van der Waals surface area contributed by atoms with Crippen molar-refractivity contribution in [2.45, 2.75) is 38.6 Å². The summed E-state index contributed by atoms with van der Waals surface area (Å²) in [7, 11) is 0. The average molecular weight is 218 g/mol. The summed E-state index contributed by atoms with van der Waals surface area (Å²) in [6.07, 6.45) is 3.34. The van der Waals surface area contributed by atoms with E-state index in [0.29, 0.717) is 11.3 Å². The molecule has 1 saturated carbocycles. The van der Waals surface area contributed by atoms with Gasteiger partial charge in [0.25, 0.3) is 5.91 Å². The zero-order valence-corrected chi connectivity index (χ0v) is 9.84. The van der Waals surface area contributed by atoms with Gasteiger partial charge in [-0.05, 0) is 56.9 Å². The highest BCUT2D eigenvalue weighted by atomic mass is 16.1. The van der Waals surface area contributed by atoms with Crippen LogP contribution in [0.1, 0.15) is 42.1 Å². The van der Waals surface area contributed by atoms with E-state index in [9.17, 15) is 4.79 Å². The van der Waals surface area contributed by atoms with Crippen LogP contribution >= 0.6 is 0 Å². The highest BCUT2D eigenvalue weighted by Crippen LogP contribution is 2.31. The second-order valence-electron chi connectivity index (χ2n) is 5.00. The third-order valence-electron chi connectivity index (χ3n) is 3.23. The standard InChI is InChI=1S/C13H18N2O/c1-9-6-10(8-11(14)7-9)12(16)15-13(2)4-3-5-13/h6-8H,3-5,14H2,1-2H3,(H,15,16). The van der Waals surface area contributed by atoms with Crippen LogP contribution in [0.5, 0.6) is 0 Å². The van der Waals surface area contributed by atoms with Crippen molar-refractivity contribution in [2.75, 3.05) is 5.73 Å². The number of rotatable bonds is 2. The molecule has 0 saturated heterocycles. The minimum Gasteiger partial charge on any atom is -0.399 e. The predicted octanol–water partition coefficient (Wildman–Crippen LogP) is 2.25. The number of nitrogen functional groups attached to an aromatic ring is 1. The number of anilines is 1. The Morgan fingerprint density at radius 1 is 1.38 bits per heavy atom. The number of aryl methyl sites for hydroxylation is 1. The molecular formula is C13H18N2O. The summed E-state index contributed by atoms with van der Waals surface area (Å²) in [5.74, 6) is -0.0161. The van der Waals surface area contributed by atoms with Gasteiger partial charge in [-0.15, -0.1) is 0 Å². The number of benzene rings is 1. The minimum absolute atomic E-state index is 0.00437. The first-order chi connectivity index (χ1) is 7.48. The number of nitrogens with one attached hydrogen (secondary N) is 1. The van der Waals surface area contributed by atoms with Crippen LogP contribution in [0.15, 0.2) is 18.2 Å². The molecule has 0 aliphatic heterocycles. The molecular weight excluding hydrogens is 200 g/mol. The molecule has 0 atom stereocenters. The largest absolute Gasteiger partial charge is 0.399 e. The molecule has 0 spiro atoms. The van der Waals surface area contributed by atoms with Gasteiger partial charge in [-0.1, -0.05) is 0 Å². The highest BCUT2D eigenvalue weighted by molar-refractivity contribution is 5.95. The molecule has 1 aliphatic carbocycles. The molecule has 0 unspecified atom stereocenters. The van der Waals surface area contributed by atoms with Gasteiger partial charge in [0.1, 0.15) is 0 Å². The zero-order valence-electron chi connectivity index (χ0n) is 9.84. The maximum atomic E-state index is 12.0. The summed E-state index contributed by atoms with van der Waals surface area (Å²) in [6.45, 7) is 4.03. The molecule has 16 heavy (non-hydrogen) atoms. The second kappa shape index (κ2) is 3.81. The van der Waals surface area contributed by atoms with Crippen molar-refractivity contribution in [3.05, 3.63) is 29.3 Å². The van der Waals surface area contributed by atoms with E-state index in [-0.39, 0.29) is 11.4 Å². The normalized spacial score (nSPS) is 17.6. The van der Waals surface area contributed by atoms with Gasteiger partial charge in [0.15, 0.2) is 0 Å². The summed E-state index contributed by atoms with van der Waals surface area (Å²) in [5.41, 5.74) is 8.04. The lowest BCUT2D eigenvalue weighted by Crippen LogP contribution is -2.50. The van der Waals surface area contributed by atoms with Gasteiger partial charge >= 0.3 is 0 Å². The van der Waals surface area contributed by atoms with Crippen LogP contribution in [0.3, 0.4) is 0 Å². The fourth-order valence-corrected chi connectivity index (χ4v) is 2.12. The summed E-state index contributed by atoms with van der Waals surface area (Å²) < 4.78 is 0. The molecule has 1 aromatic rings. The third-order valence-corrected chi connectivity index (χ3v) is 3.23. The molecule has 1 fully saturated rings. The maximum absolute atomic E-state index is 12.0. The molecule has 1 amide bonds. The monoisotopic (exact) mass is 218 g/mol. The molecule has 0 bridgehead atoms. The van der Waals surface area contributed by atoms with Crippen LogP contribution in [0.4, 0.5) is 5.69 Å². The predicted molar refractivity (Wildman–Crippen MR) is 65.3 cm³/mol. The number of hydrogen-bond donors (Lipinski definition) is 2.